The molecule has 1 aliphatic heterocycles. The van der Waals surface area contributed by atoms with Gasteiger partial charge in [0.15, 0.2) is 0 Å². The number of likely N-dealkylation sites (tertiary alicyclic amines) is 1. The Balaban J connectivity index is 1.77. The van der Waals surface area contributed by atoms with E-state index in [9.17, 15) is 14.3 Å². The lowest BCUT2D eigenvalue weighted by molar-refractivity contribution is 0.1000. The molecular formula is C18H19FN2O2. The average Bonchev–Trinajstić information content (AvgIpc) is 2.89. The highest BCUT2D eigenvalue weighted by molar-refractivity contribution is 5.92. The standard InChI is InChI=1S/C18H19FN2O2/c19-15-7-5-13(6-8-15)17-9-16(22)11-21(17)10-12-1-3-14(4-2-12)18(20)23/h1-8,16-17,22H,9-11H2,(H2,20,23)/t16-,17+/m1/s1. The van der Waals surface area contributed by atoms with Crippen LogP contribution in [-0.4, -0.2) is 28.6 Å². The Bertz CT molecular complexity index is 685. The van der Waals surface area contributed by atoms with Gasteiger partial charge in [-0.25, -0.2) is 4.39 Å². The number of carbonyl (C=O) groups excluding carboxylic acids is 1. The van der Waals surface area contributed by atoms with Gasteiger partial charge in [-0.15, -0.1) is 0 Å². The molecule has 2 atom stereocenters. The Morgan fingerprint density at radius 3 is 2.43 bits per heavy atom. The highest BCUT2D eigenvalue weighted by Crippen LogP contribution is 2.33. The van der Waals surface area contributed by atoms with E-state index in [1.807, 2.05) is 12.1 Å². The van der Waals surface area contributed by atoms with Crippen LogP contribution in [0.1, 0.15) is 33.9 Å². The molecule has 3 rings (SSSR count). The molecular weight excluding hydrogens is 295 g/mol. The molecule has 120 valence electrons. The first kappa shape index (κ1) is 15.6. The molecule has 1 saturated heterocycles. The van der Waals surface area contributed by atoms with Gasteiger partial charge in [0.2, 0.25) is 5.91 Å². The summed E-state index contributed by atoms with van der Waals surface area (Å²) < 4.78 is 13.1. The predicted octanol–water partition coefficient (Wildman–Crippen LogP) is 2.23. The number of benzene rings is 2. The van der Waals surface area contributed by atoms with Crippen LogP contribution in [-0.2, 0) is 6.54 Å². The molecule has 1 heterocycles. The second-order valence-corrected chi connectivity index (χ2v) is 5.95. The Hall–Kier alpha value is -2.24. The fourth-order valence-corrected chi connectivity index (χ4v) is 3.09. The summed E-state index contributed by atoms with van der Waals surface area (Å²) in [5, 5.41) is 10.0. The molecule has 2 aromatic carbocycles. The van der Waals surface area contributed by atoms with Crippen LogP contribution in [0.5, 0.6) is 0 Å². The minimum atomic E-state index is -0.447. The van der Waals surface area contributed by atoms with Crippen molar-refractivity contribution in [2.75, 3.05) is 6.54 Å². The molecule has 0 radical (unpaired) electrons. The zero-order valence-electron chi connectivity index (χ0n) is 12.7. The SMILES string of the molecule is NC(=O)c1ccc(CN2C[C@H](O)C[C@H]2c2ccc(F)cc2)cc1. The number of hydrogen-bond donors (Lipinski definition) is 2. The van der Waals surface area contributed by atoms with Gasteiger partial charge in [0, 0.05) is 24.7 Å². The summed E-state index contributed by atoms with van der Waals surface area (Å²) in [5.41, 5.74) is 7.76. The van der Waals surface area contributed by atoms with Gasteiger partial charge in [-0.3, -0.25) is 9.69 Å². The number of nitrogens with zero attached hydrogens (tertiary/aromatic N) is 1. The Labute approximate surface area is 134 Å². The average molecular weight is 314 g/mol. The van der Waals surface area contributed by atoms with E-state index in [0.29, 0.717) is 25.1 Å². The Morgan fingerprint density at radius 1 is 1.17 bits per heavy atom. The van der Waals surface area contributed by atoms with Crippen molar-refractivity contribution in [2.45, 2.75) is 25.1 Å². The lowest BCUT2D eigenvalue weighted by atomic mass is 10.0. The van der Waals surface area contributed by atoms with Crippen LogP contribution in [0.15, 0.2) is 48.5 Å². The van der Waals surface area contributed by atoms with Crippen LogP contribution in [0.25, 0.3) is 0 Å². The summed E-state index contributed by atoms with van der Waals surface area (Å²) in [5.74, 6) is -0.710. The van der Waals surface area contributed by atoms with Gasteiger partial charge < -0.3 is 10.8 Å². The maximum absolute atomic E-state index is 13.1. The van der Waals surface area contributed by atoms with Gasteiger partial charge in [-0.05, 0) is 41.8 Å². The largest absolute Gasteiger partial charge is 0.392 e. The zero-order chi connectivity index (χ0) is 16.4. The third-order valence-corrected chi connectivity index (χ3v) is 4.26. The fourth-order valence-electron chi connectivity index (χ4n) is 3.09. The molecule has 1 aliphatic rings. The van der Waals surface area contributed by atoms with Gasteiger partial charge in [0.1, 0.15) is 5.82 Å². The van der Waals surface area contributed by atoms with Crippen molar-refractivity contribution in [2.24, 2.45) is 5.73 Å². The number of carbonyl (C=O) groups is 1. The molecule has 3 N–H and O–H groups in total. The molecule has 0 saturated carbocycles. The van der Waals surface area contributed by atoms with Crippen molar-refractivity contribution in [3.63, 3.8) is 0 Å². The molecule has 1 amide bonds. The molecule has 0 bridgehead atoms. The smallest absolute Gasteiger partial charge is 0.248 e. The van der Waals surface area contributed by atoms with Crippen LogP contribution >= 0.6 is 0 Å². The normalized spacial score (nSPS) is 21.5. The minimum absolute atomic E-state index is 0.0569. The van der Waals surface area contributed by atoms with E-state index < -0.39 is 12.0 Å². The van der Waals surface area contributed by atoms with Gasteiger partial charge in [0.25, 0.3) is 0 Å². The summed E-state index contributed by atoms with van der Waals surface area (Å²) in [6, 6.07) is 13.6. The number of halogens is 1. The monoisotopic (exact) mass is 314 g/mol. The topological polar surface area (TPSA) is 66.6 Å². The van der Waals surface area contributed by atoms with Crippen LogP contribution in [0.4, 0.5) is 4.39 Å². The molecule has 0 aromatic heterocycles. The number of rotatable bonds is 4. The number of nitrogens with two attached hydrogens (primary N) is 1. The summed E-state index contributed by atoms with van der Waals surface area (Å²) in [4.78, 5) is 13.3. The molecule has 5 heteroatoms. The second-order valence-electron chi connectivity index (χ2n) is 5.95. The van der Waals surface area contributed by atoms with Gasteiger partial charge >= 0.3 is 0 Å². The van der Waals surface area contributed by atoms with E-state index in [4.69, 9.17) is 5.73 Å². The molecule has 23 heavy (non-hydrogen) atoms. The van der Waals surface area contributed by atoms with Gasteiger partial charge in [-0.2, -0.15) is 0 Å². The van der Waals surface area contributed by atoms with E-state index >= 15 is 0 Å². The van der Waals surface area contributed by atoms with Crippen LogP contribution < -0.4 is 5.73 Å². The van der Waals surface area contributed by atoms with Gasteiger partial charge in [0.05, 0.1) is 6.10 Å². The summed E-state index contributed by atoms with van der Waals surface area (Å²) in [6.45, 7) is 1.22. The first-order valence-corrected chi connectivity index (χ1v) is 7.59. The molecule has 2 aromatic rings. The van der Waals surface area contributed by atoms with E-state index in [1.165, 1.54) is 12.1 Å². The lowest BCUT2D eigenvalue weighted by Gasteiger charge is -2.24. The summed E-state index contributed by atoms with van der Waals surface area (Å²) in [7, 11) is 0. The molecule has 4 nitrogen and oxygen atoms in total. The number of hydrogen-bond acceptors (Lipinski definition) is 3. The van der Waals surface area contributed by atoms with Crippen LogP contribution in [0, 0.1) is 5.82 Å². The highest BCUT2D eigenvalue weighted by atomic mass is 19.1. The Morgan fingerprint density at radius 2 is 1.83 bits per heavy atom. The second kappa shape index (κ2) is 6.48. The zero-order valence-corrected chi connectivity index (χ0v) is 12.7. The lowest BCUT2D eigenvalue weighted by Crippen LogP contribution is -2.24. The van der Waals surface area contributed by atoms with E-state index in [1.54, 1.807) is 24.3 Å². The quantitative estimate of drug-likeness (QED) is 0.909. The number of β-amino-alcohol motifs (C(OH)–C–C–N with tert-alkyl or cyclic N) is 1. The molecule has 0 aliphatic carbocycles. The predicted molar refractivity (Wildman–Crippen MR) is 85.1 cm³/mol. The highest BCUT2D eigenvalue weighted by Gasteiger charge is 2.31. The first-order chi connectivity index (χ1) is 11.0. The Kier molecular flexibility index (Phi) is 4.41. The molecule has 0 unspecified atom stereocenters. The van der Waals surface area contributed by atoms with Crippen molar-refractivity contribution in [1.29, 1.82) is 0 Å². The van der Waals surface area contributed by atoms with Crippen LogP contribution in [0.2, 0.25) is 0 Å². The van der Waals surface area contributed by atoms with Crippen LogP contribution in [0.3, 0.4) is 0 Å². The summed E-state index contributed by atoms with van der Waals surface area (Å²) >= 11 is 0. The number of aliphatic hydroxyl groups is 1. The summed E-state index contributed by atoms with van der Waals surface area (Å²) in [6.07, 6.45) is 0.236. The van der Waals surface area contributed by atoms with Crippen molar-refractivity contribution in [3.8, 4) is 0 Å². The van der Waals surface area contributed by atoms with E-state index in [0.717, 1.165) is 11.1 Å². The maximum Gasteiger partial charge on any atom is 0.248 e. The van der Waals surface area contributed by atoms with Crippen molar-refractivity contribution < 1.29 is 14.3 Å². The van der Waals surface area contributed by atoms with Crippen molar-refractivity contribution >= 4 is 5.91 Å². The van der Waals surface area contributed by atoms with Crippen molar-refractivity contribution in [3.05, 3.63) is 71.0 Å². The first-order valence-electron chi connectivity index (χ1n) is 7.59. The molecule has 1 fully saturated rings. The minimum Gasteiger partial charge on any atom is -0.392 e. The number of primary amides is 1. The van der Waals surface area contributed by atoms with E-state index in [-0.39, 0.29) is 11.9 Å². The third kappa shape index (κ3) is 3.57. The number of aliphatic hydroxyl groups excluding tert-OH is 1. The number of amides is 1. The van der Waals surface area contributed by atoms with E-state index in [2.05, 4.69) is 4.90 Å². The molecule has 0 spiro atoms. The van der Waals surface area contributed by atoms with Gasteiger partial charge in [-0.1, -0.05) is 24.3 Å². The third-order valence-electron chi connectivity index (χ3n) is 4.26. The fraction of sp³-hybridized carbons (Fsp3) is 0.278. The maximum atomic E-state index is 13.1. The van der Waals surface area contributed by atoms with Crippen molar-refractivity contribution in [1.82, 2.24) is 4.90 Å².